The lowest BCUT2D eigenvalue weighted by atomic mass is 9.96. The third-order valence-corrected chi connectivity index (χ3v) is 5.89. The Morgan fingerprint density at radius 1 is 1.15 bits per heavy atom. The van der Waals surface area contributed by atoms with Crippen LogP contribution in [-0.2, 0) is 4.79 Å². The van der Waals surface area contributed by atoms with Crippen molar-refractivity contribution in [3.63, 3.8) is 0 Å². The molecule has 3 rings (SSSR count). The maximum Gasteiger partial charge on any atom is 0.277 e. The summed E-state index contributed by atoms with van der Waals surface area (Å²) in [5.74, 6) is 0.867. The molecule has 1 saturated carbocycles. The minimum atomic E-state index is 0.117. The molecule has 1 amide bonds. The Balaban J connectivity index is 1.53. The van der Waals surface area contributed by atoms with Crippen molar-refractivity contribution in [1.29, 1.82) is 0 Å². The molecular weight excluding hydrogens is 370 g/mol. The van der Waals surface area contributed by atoms with Gasteiger partial charge in [-0.1, -0.05) is 55.5 Å². The zero-order valence-corrected chi connectivity index (χ0v) is 16.6. The average molecular weight is 394 g/mol. The van der Waals surface area contributed by atoms with Crippen LogP contribution >= 0.6 is 23.4 Å². The van der Waals surface area contributed by atoms with Crippen molar-refractivity contribution in [1.82, 2.24) is 15.1 Å². The first-order chi connectivity index (χ1) is 12.6. The normalized spacial score (nSPS) is 16.1. The summed E-state index contributed by atoms with van der Waals surface area (Å²) in [5, 5.41) is 9.14. The van der Waals surface area contributed by atoms with E-state index in [1.54, 1.807) is 12.1 Å². The van der Waals surface area contributed by atoms with Gasteiger partial charge in [0.25, 0.3) is 5.22 Å². The first kappa shape index (κ1) is 19.2. The van der Waals surface area contributed by atoms with Gasteiger partial charge < -0.3 is 9.32 Å². The molecule has 1 aromatic carbocycles. The summed E-state index contributed by atoms with van der Waals surface area (Å²) in [6.07, 6.45) is 8.52. The Bertz CT molecular complexity index is 712. The van der Waals surface area contributed by atoms with Crippen molar-refractivity contribution in [3.8, 4) is 11.5 Å². The van der Waals surface area contributed by atoms with Gasteiger partial charge in [-0.2, -0.15) is 0 Å². The highest BCUT2D eigenvalue weighted by Gasteiger charge is 2.21. The summed E-state index contributed by atoms with van der Waals surface area (Å²) in [7, 11) is 1.92. The van der Waals surface area contributed by atoms with Crippen LogP contribution in [0.25, 0.3) is 11.5 Å². The van der Waals surface area contributed by atoms with E-state index >= 15 is 0 Å². The van der Waals surface area contributed by atoms with Crippen molar-refractivity contribution >= 4 is 29.3 Å². The Morgan fingerprint density at radius 2 is 1.81 bits per heavy atom. The lowest BCUT2D eigenvalue weighted by Gasteiger charge is -2.29. The molecule has 0 bridgehead atoms. The van der Waals surface area contributed by atoms with E-state index in [0.717, 1.165) is 18.4 Å². The lowest BCUT2D eigenvalue weighted by Crippen LogP contribution is -2.38. The zero-order chi connectivity index (χ0) is 18.4. The van der Waals surface area contributed by atoms with E-state index in [1.807, 2.05) is 24.1 Å². The fourth-order valence-corrected chi connectivity index (χ4v) is 4.04. The topological polar surface area (TPSA) is 59.2 Å². The molecule has 7 heteroatoms. The molecule has 0 N–H and O–H groups in total. The molecule has 1 heterocycles. The molecule has 140 valence electrons. The van der Waals surface area contributed by atoms with Crippen LogP contribution in [0.2, 0.25) is 5.02 Å². The summed E-state index contributed by atoms with van der Waals surface area (Å²) in [4.78, 5) is 14.4. The van der Waals surface area contributed by atoms with Crippen molar-refractivity contribution in [2.75, 3.05) is 12.8 Å². The Morgan fingerprint density at radius 3 is 2.50 bits per heavy atom. The fraction of sp³-hybridized carbons (Fsp3) is 0.526. The van der Waals surface area contributed by atoms with Gasteiger partial charge in [0.1, 0.15) is 0 Å². The predicted octanol–water partition coefficient (Wildman–Crippen LogP) is 5.05. The van der Waals surface area contributed by atoms with E-state index in [9.17, 15) is 4.79 Å². The molecule has 0 spiro atoms. The van der Waals surface area contributed by atoms with Crippen LogP contribution in [0.15, 0.2) is 33.9 Å². The predicted molar refractivity (Wildman–Crippen MR) is 104 cm³/mol. The molecule has 0 saturated heterocycles. The molecule has 0 unspecified atom stereocenters. The van der Waals surface area contributed by atoms with Crippen LogP contribution in [0.1, 0.15) is 44.9 Å². The Hall–Kier alpha value is -1.53. The number of hydrogen-bond acceptors (Lipinski definition) is 5. The molecule has 0 atom stereocenters. The largest absolute Gasteiger partial charge is 0.411 e. The highest BCUT2D eigenvalue weighted by atomic mass is 35.5. The van der Waals surface area contributed by atoms with Crippen molar-refractivity contribution < 1.29 is 9.21 Å². The number of rotatable bonds is 5. The molecule has 1 aliphatic rings. The van der Waals surface area contributed by atoms with Gasteiger partial charge in [-0.3, -0.25) is 4.79 Å². The maximum absolute atomic E-state index is 12.5. The number of halogens is 1. The Labute approximate surface area is 163 Å². The highest BCUT2D eigenvalue weighted by molar-refractivity contribution is 7.99. The van der Waals surface area contributed by atoms with Crippen molar-refractivity contribution in [3.05, 3.63) is 29.3 Å². The lowest BCUT2D eigenvalue weighted by molar-refractivity contribution is -0.129. The molecule has 5 nitrogen and oxygen atoms in total. The van der Waals surface area contributed by atoms with Crippen molar-refractivity contribution in [2.24, 2.45) is 0 Å². The van der Waals surface area contributed by atoms with Gasteiger partial charge in [0.15, 0.2) is 0 Å². The van der Waals surface area contributed by atoms with Crippen LogP contribution in [-0.4, -0.2) is 39.8 Å². The summed E-state index contributed by atoms with van der Waals surface area (Å²) in [6, 6.07) is 7.58. The number of benzene rings is 1. The van der Waals surface area contributed by atoms with Crippen LogP contribution in [0, 0.1) is 0 Å². The quantitative estimate of drug-likeness (QED) is 0.665. The second kappa shape index (κ2) is 9.42. The van der Waals surface area contributed by atoms with E-state index in [4.69, 9.17) is 16.0 Å². The van der Waals surface area contributed by atoms with Gasteiger partial charge in [0.2, 0.25) is 11.8 Å². The molecule has 1 aromatic heterocycles. The van der Waals surface area contributed by atoms with E-state index in [2.05, 4.69) is 10.2 Å². The number of aromatic nitrogens is 2. The van der Waals surface area contributed by atoms with E-state index in [-0.39, 0.29) is 5.91 Å². The van der Waals surface area contributed by atoms with Gasteiger partial charge in [-0.15, -0.1) is 10.2 Å². The number of amides is 1. The number of carbonyl (C=O) groups excluding carboxylic acids is 1. The number of carbonyl (C=O) groups is 1. The Kier molecular flexibility index (Phi) is 6.97. The van der Waals surface area contributed by atoms with E-state index in [0.29, 0.717) is 27.9 Å². The molecular formula is C19H24ClN3O2S. The van der Waals surface area contributed by atoms with Gasteiger partial charge in [-0.25, -0.2) is 0 Å². The van der Waals surface area contributed by atoms with Gasteiger partial charge in [0, 0.05) is 23.7 Å². The third kappa shape index (κ3) is 5.24. The monoisotopic (exact) mass is 393 g/mol. The SMILES string of the molecule is CN(C(=O)CSc1nnc(-c2ccc(Cl)cc2)o1)C1CCCCCCC1. The summed E-state index contributed by atoms with van der Waals surface area (Å²) < 4.78 is 5.65. The first-order valence-electron chi connectivity index (χ1n) is 9.11. The standard InChI is InChI=1S/C19H24ClN3O2S/c1-23(16-7-5-3-2-4-6-8-16)17(24)13-26-19-22-21-18(25-19)14-9-11-15(20)12-10-14/h9-12,16H,2-8,13H2,1H3. The molecule has 2 aromatic rings. The van der Waals surface area contributed by atoms with Gasteiger partial charge in [-0.05, 0) is 37.1 Å². The number of thioether (sulfide) groups is 1. The van der Waals surface area contributed by atoms with Crippen LogP contribution in [0.4, 0.5) is 0 Å². The average Bonchev–Trinajstić information content (AvgIpc) is 3.08. The van der Waals surface area contributed by atoms with Gasteiger partial charge in [0.05, 0.1) is 5.75 Å². The number of nitrogens with zero attached hydrogens (tertiary/aromatic N) is 3. The molecule has 0 radical (unpaired) electrons. The highest BCUT2D eigenvalue weighted by Crippen LogP contribution is 2.25. The summed E-state index contributed by atoms with van der Waals surface area (Å²) in [6.45, 7) is 0. The molecule has 26 heavy (non-hydrogen) atoms. The number of hydrogen-bond donors (Lipinski definition) is 0. The zero-order valence-electron chi connectivity index (χ0n) is 15.0. The molecule has 1 aliphatic carbocycles. The van der Waals surface area contributed by atoms with Crippen LogP contribution < -0.4 is 0 Å². The molecule has 1 fully saturated rings. The van der Waals surface area contributed by atoms with Crippen LogP contribution in [0.5, 0.6) is 0 Å². The first-order valence-corrected chi connectivity index (χ1v) is 10.5. The summed E-state index contributed by atoms with van der Waals surface area (Å²) >= 11 is 7.18. The third-order valence-electron chi connectivity index (χ3n) is 4.83. The minimum absolute atomic E-state index is 0.117. The second-order valence-electron chi connectivity index (χ2n) is 6.67. The van der Waals surface area contributed by atoms with Crippen molar-refractivity contribution in [2.45, 2.75) is 56.2 Å². The summed E-state index contributed by atoms with van der Waals surface area (Å²) in [5.41, 5.74) is 0.812. The smallest absolute Gasteiger partial charge is 0.277 e. The molecule has 0 aliphatic heterocycles. The van der Waals surface area contributed by atoms with Crippen LogP contribution in [0.3, 0.4) is 0 Å². The second-order valence-corrected chi connectivity index (χ2v) is 8.04. The minimum Gasteiger partial charge on any atom is -0.411 e. The van der Waals surface area contributed by atoms with E-state index < -0.39 is 0 Å². The van der Waals surface area contributed by atoms with Gasteiger partial charge >= 0.3 is 0 Å². The fourth-order valence-electron chi connectivity index (χ4n) is 3.23. The van der Waals surface area contributed by atoms with E-state index in [1.165, 1.54) is 43.9 Å². The maximum atomic E-state index is 12.5.